The van der Waals surface area contributed by atoms with E-state index in [2.05, 4.69) is 19.2 Å². The van der Waals surface area contributed by atoms with Crippen molar-refractivity contribution >= 4 is 27.3 Å². The molecule has 1 amide bonds. The van der Waals surface area contributed by atoms with Gasteiger partial charge in [-0.3, -0.25) is 19.8 Å². The SMILES string of the molecule is Cc1ccc([N+](=O)[O-])cc1S(=O)(=O)N1CCN(CC(=O)Nc2c(C)cccc2C(C)C)CC1. The van der Waals surface area contributed by atoms with Gasteiger partial charge in [0.15, 0.2) is 0 Å². The van der Waals surface area contributed by atoms with E-state index in [4.69, 9.17) is 0 Å². The number of anilines is 1. The van der Waals surface area contributed by atoms with Crippen molar-refractivity contribution < 1.29 is 18.1 Å². The molecule has 2 aromatic rings. The summed E-state index contributed by atoms with van der Waals surface area (Å²) in [6.07, 6.45) is 0. The number of sulfonamides is 1. The van der Waals surface area contributed by atoms with Gasteiger partial charge in [0, 0.05) is 44.0 Å². The maximum absolute atomic E-state index is 13.1. The molecule has 0 unspecified atom stereocenters. The lowest BCUT2D eigenvalue weighted by molar-refractivity contribution is -0.385. The molecular formula is C23H30N4O5S. The van der Waals surface area contributed by atoms with Gasteiger partial charge in [-0.25, -0.2) is 8.42 Å². The highest BCUT2D eigenvalue weighted by Crippen LogP contribution is 2.28. The predicted octanol–water partition coefficient (Wildman–Crippen LogP) is 3.28. The van der Waals surface area contributed by atoms with E-state index >= 15 is 0 Å². The van der Waals surface area contributed by atoms with E-state index in [1.165, 1.54) is 16.4 Å². The van der Waals surface area contributed by atoms with Crippen LogP contribution in [0.4, 0.5) is 11.4 Å². The monoisotopic (exact) mass is 474 g/mol. The fraction of sp³-hybridized carbons (Fsp3) is 0.435. The van der Waals surface area contributed by atoms with Crippen LogP contribution in [0, 0.1) is 24.0 Å². The molecule has 1 fully saturated rings. The van der Waals surface area contributed by atoms with Gasteiger partial charge in [-0.1, -0.05) is 38.1 Å². The summed E-state index contributed by atoms with van der Waals surface area (Å²) in [6.45, 7) is 9.10. The quantitative estimate of drug-likeness (QED) is 0.487. The molecule has 9 nitrogen and oxygen atoms in total. The van der Waals surface area contributed by atoms with Crippen LogP contribution < -0.4 is 5.32 Å². The van der Waals surface area contributed by atoms with Crippen LogP contribution in [0.5, 0.6) is 0 Å². The zero-order chi connectivity index (χ0) is 24.3. The Bertz CT molecular complexity index is 1160. The highest BCUT2D eigenvalue weighted by atomic mass is 32.2. The molecule has 3 rings (SSSR count). The van der Waals surface area contributed by atoms with Gasteiger partial charge in [-0.05, 0) is 36.5 Å². The number of rotatable bonds is 7. The molecule has 1 saturated heterocycles. The van der Waals surface area contributed by atoms with E-state index in [-0.39, 0.29) is 42.0 Å². The summed E-state index contributed by atoms with van der Waals surface area (Å²) in [5.41, 5.74) is 3.11. The van der Waals surface area contributed by atoms with Crippen LogP contribution in [0.1, 0.15) is 36.5 Å². The number of nitrogens with one attached hydrogen (secondary N) is 1. The number of carbonyl (C=O) groups excluding carboxylic acids is 1. The number of nitro groups is 1. The van der Waals surface area contributed by atoms with Gasteiger partial charge in [0.25, 0.3) is 5.69 Å². The third kappa shape index (κ3) is 5.58. The normalized spacial score (nSPS) is 15.5. The van der Waals surface area contributed by atoms with Crippen molar-refractivity contribution in [2.45, 2.75) is 38.5 Å². The number of para-hydroxylation sites is 1. The molecule has 2 aromatic carbocycles. The molecule has 10 heteroatoms. The van der Waals surface area contributed by atoms with E-state index in [0.717, 1.165) is 22.9 Å². The topological polar surface area (TPSA) is 113 Å². The second kappa shape index (κ2) is 9.98. The molecule has 0 spiro atoms. The first-order valence-electron chi connectivity index (χ1n) is 10.9. The van der Waals surface area contributed by atoms with Crippen LogP contribution >= 0.6 is 0 Å². The molecule has 1 aliphatic rings. The van der Waals surface area contributed by atoms with Gasteiger partial charge in [0.2, 0.25) is 15.9 Å². The van der Waals surface area contributed by atoms with Crippen molar-refractivity contribution in [1.82, 2.24) is 9.21 Å². The molecule has 0 atom stereocenters. The first kappa shape index (κ1) is 24.8. The number of non-ortho nitro benzene ring substituents is 1. The third-order valence-corrected chi connectivity index (χ3v) is 7.93. The van der Waals surface area contributed by atoms with Crippen LogP contribution in [-0.4, -0.2) is 61.2 Å². The summed E-state index contributed by atoms with van der Waals surface area (Å²) in [5, 5.41) is 14.1. The standard InChI is InChI=1S/C23H30N4O5S/c1-16(2)20-7-5-6-18(4)23(20)24-22(28)15-25-10-12-26(13-11-25)33(31,32)21-14-19(27(29)30)9-8-17(21)3/h5-9,14,16H,10-13,15H2,1-4H3,(H,24,28). The number of hydrogen-bond donors (Lipinski definition) is 1. The number of nitrogens with zero attached hydrogens (tertiary/aromatic N) is 3. The van der Waals surface area contributed by atoms with Crippen molar-refractivity contribution in [3.8, 4) is 0 Å². The smallest absolute Gasteiger partial charge is 0.270 e. The molecule has 0 radical (unpaired) electrons. The summed E-state index contributed by atoms with van der Waals surface area (Å²) < 4.78 is 27.5. The number of hydrogen-bond acceptors (Lipinski definition) is 6. The van der Waals surface area contributed by atoms with Crippen LogP contribution in [-0.2, 0) is 14.8 Å². The van der Waals surface area contributed by atoms with Gasteiger partial charge in [0.1, 0.15) is 0 Å². The van der Waals surface area contributed by atoms with Gasteiger partial charge < -0.3 is 5.32 Å². The number of nitro benzene ring substituents is 1. The van der Waals surface area contributed by atoms with Crippen molar-refractivity contribution in [3.63, 3.8) is 0 Å². The maximum atomic E-state index is 13.1. The van der Waals surface area contributed by atoms with Gasteiger partial charge in [-0.2, -0.15) is 4.31 Å². The second-order valence-corrected chi connectivity index (χ2v) is 10.5. The Morgan fingerprint density at radius 3 is 2.36 bits per heavy atom. The van der Waals surface area contributed by atoms with Crippen molar-refractivity contribution in [1.29, 1.82) is 0 Å². The van der Waals surface area contributed by atoms with E-state index in [1.54, 1.807) is 6.92 Å². The molecule has 0 aromatic heterocycles. The number of carbonyl (C=O) groups is 1. The number of piperazine rings is 1. The Hall–Kier alpha value is -2.82. The zero-order valence-corrected chi connectivity index (χ0v) is 20.2. The Kier molecular flexibility index (Phi) is 7.51. The largest absolute Gasteiger partial charge is 0.324 e. The van der Waals surface area contributed by atoms with E-state index in [0.29, 0.717) is 18.7 Å². The predicted molar refractivity (Wildman–Crippen MR) is 127 cm³/mol. The van der Waals surface area contributed by atoms with E-state index < -0.39 is 14.9 Å². The van der Waals surface area contributed by atoms with Gasteiger partial charge in [-0.15, -0.1) is 0 Å². The van der Waals surface area contributed by atoms with Crippen LogP contribution in [0.15, 0.2) is 41.3 Å². The molecule has 1 N–H and O–H groups in total. The molecule has 0 bridgehead atoms. The van der Waals surface area contributed by atoms with E-state index in [9.17, 15) is 23.3 Å². The third-order valence-electron chi connectivity index (χ3n) is 5.89. The lowest BCUT2D eigenvalue weighted by Crippen LogP contribution is -2.50. The Morgan fingerprint density at radius 1 is 1.09 bits per heavy atom. The Labute approximate surface area is 194 Å². The molecule has 0 aliphatic carbocycles. The average molecular weight is 475 g/mol. The number of aryl methyl sites for hydroxylation is 2. The van der Waals surface area contributed by atoms with E-state index in [1.807, 2.05) is 30.0 Å². The molecule has 178 valence electrons. The summed E-state index contributed by atoms with van der Waals surface area (Å²) in [4.78, 5) is 25.0. The minimum Gasteiger partial charge on any atom is -0.324 e. The lowest BCUT2D eigenvalue weighted by atomic mass is 9.98. The first-order chi connectivity index (χ1) is 15.5. The fourth-order valence-electron chi connectivity index (χ4n) is 3.97. The fourth-order valence-corrected chi connectivity index (χ4v) is 5.64. The second-order valence-electron chi connectivity index (χ2n) is 8.63. The van der Waals surface area contributed by atoms with Crippen LogP contribution in [0.25, 0.3) is 0 Å². The van der Waals surface area contributed by atoms with Gasteiger partial charge >= 0.3 is 0 Å². The molecule has 1 heterocycles. The zero-order valence-electron chi connectivity index (χ0n) is 19.4. The van der Waals surface area contributed by atoms with Crippen molar-refractivity contribution in [2.75, 3.05) is 38.0 Å². The molecular weight excluding hydrogens is 444 g/mol. The lowest BCUT2D eigenvalue weighted by Gasteiger charge is -2.33. The highest BCUT2D eigenvalue weighted by molar-refractivity contribution is 7.89. The Balaban J connectivity index is 1.64. The minimum absolute atomic E-state index is 0.0522. The summed E-state index contributed by atoms with van der Waals surface area (Å²) in [7, 11) is -3.87. The number of amides is 1. The Morgan fingerprint density at radius 2 is 1.76 bits per heavy atom. The van der Waals surface area contributed by atoms with Gasteiger partial charge in [0.05, 0.1) is 16.4 Å². The summed E-state index contributed by atoms with van der Waals surface area (Å²) in [5.74, 6) is 0.128. The summed E-state index contributed by atoms with van der Waals surface area (Å²) >= 11 is 0. The first-order valence-corrected chi connectivity index (χ1v) is 12.3. The van der Waals surface area contributed by atoms with Crippen molar-refractivity contribution in [3.05, 3.63) is 63.2 Å². The van der Waals surface area contributed by atoms with Crippen molar-refractivity contribution in [2.24, 2.45) is 0 Å². The number of benzene rings is 2. The van der Waals surface area contributed by atoms with Crippen LogP contribution in [0.3, 0.4) is 0 Å². The minimum atomic E-state index is -3.87. The highest BCUT2D eigenvalue weighted by Gasteiger charge is 2.31. The average Bonchev–Trinajstić information content (AvgIpc) is 2.75. The molecule has 0 saturated carbocycles. The maximum Gasteiger partial charge on any atom is 0.270 e. The molecule has 33 heavy (non-hydrogen) atoms. The van der Waals surface area contributed by atoms with Crippen LogP contribution in [0.2, 0.25) is 0 Å². The summed E-state index contributed by atoms with van der Waals surface area (Å²) in [6, 6.07) is 9.79. The molecule has 1 aliphatic heterocycles.